The molecule has 0 N–H and O–H groups in total. The smallest absolute Gasteiger partial charge is 0.308 e. The van der Waals surface area contributed by atoms with Crippen LogP contribution in [0.5, 0.6) is 5.75 Å². The predicted molar refractivity (Wildman–Crippen MR) is 135 cm³/mol. The van der Waals surface area contributed by atoms with E-state index in [4.69, 9.17) is 4.74 Å². The molecule has 1 aliphatic rings. The first-order valence-electron chi connectivity index (χ1n) is 13.0. The van der Waals surface area contributed by atoms with E-state index in [2.05, 4.69) is 31.2 Å². The Morgan fingerprint density at radius 2 is 1.28 bits per heavy atom. The van der Waals surface area contributed by atoms with Crippen molar-refractivity contribution in [2.45, 2.75) is 103 Å². The summed E-state index contributed by atoms with van der Waals surface area (Å²) < 4.78 is 5.13. The number of hydrogen-bond acceptors (Lipinski definition) is 2. The second-order valence-electron chi connectivity index (χ2n) is 9.72. The second-order valence-corrected chi connectivity index (χ2v) is 9.72. The van der Waals surface area contributed by atoms with Crippen LogP contribution in [-0.2, 0) is 4.79 Å². The molecule has 1 saturated carbocycles. The van der Waals surface area contributed by atoms with E-state index in [1.807, 2.05) is 24.3 Å². The second kappa shape index (κ2) is 13.5. The summed E-state index contributed by atoms with van der Waals surface area (Å²) in [7, 11) is 0. The van der Waals surface area contributed by atoms with Gasteiger partial charge in [-0.05, 0) is 66.3 Å². The van der Waals surface area contributed by atoms with E-state index < -0.39 is 0 Å². The fourth-order valence-electron chi connectivity index (χ4n) is 5.18. The van der Waals surface area contributed by atoms with Crippen LogP contribution in [0.2, 0.25) is 0 Å². The zero-order chi connectivity index (χ0) is 22.6. The molecule has 2 aromatic rings. The van der Waals surface area contributed by atoms with Gasteiger partial charge in [0.2, 0.25) is 0 Å². The third-order valence-electron chi connectivity index (χ3n) is 7.14. The molecule has 174 valence electrons. The highest BCUT2D eigenvalue weighted by Crippen LogP contribution is 2.38. The molecule has 0 bridgehead atoms. The van der Waals surface area contributed by atoms with Gasteiger partial charge in [-0.2, -0.15) is 0 Å². The molecule has 1 fully saturated rings. The summed E-state index contributed by atoms with van der Waals surface area (Å²) in [5.41, 5.74) is 3.86. The largest absolute Gasteiger partial charge is 0.427 e. The van der Waals surface area contributed by atoms with Crippen LogP contribution >= 0.6 is 0 Å². The Bertz CT molecular complexity index is 783. The zero-order valence-electron chi connectivity index (χ0n) is 20.3. The molecule has 0 amide bonds. The predicted octanol–water partition coefficient (Wildman–Crippen LogP) is 9.08. The number of benzene rings is 2. The van der Waals surface area contributed by atoms with Gasteiger partial charge in [0.25, 0.3) is 0 Å². The van der Waals surface area contributed by atoms with Gasteiger partial charge in [-0.25, -0.2) is 0 Å². The maximum absolute atomic E-state index is 11.1. The van der Waals surface area contributed by atoms with E-state index in [9.17, 15) is 4.79 Å². The highest BCUT2D eigenvalue weighted by Gasteiger charge is 2.22. The molecule has 0 atom stereocenters. The highest BCUT2D eigenvalue weighted by molar-refractivity contribution is 5.70. The van der Waals surface area contributed by atoms with E-state index in [0.717, 1.165) is 17.4 Å². The lowest BCUT2D eigenvalue weighted by Gasteiger charge is -2.29. The summed E-state index contributed by atoms with van der Waals surface area (Å²) in [6, 6.07) is 16.9. The quantitative estimate of drug-likeness (QED) is 0.189. The van der Waals surface area contributed by atoms with Crippen LogP contribution in [0.4, 0.5) is 0 Å². The van der Waals surface area contributed by atoms with E-state index in [0.29, 0.717) is 5.75 Å². The van der Waals surface area contributed by atoms with Gasteiger partial charge in [-0.3, -0.25) is 4.79 Å². The molecule has 3 rings (SSSR count). The molecule has 2 aromatic carbocycles. The van der Waals surface area contributed by atoms with Gasteiger partial charge < -0.3 is 4.74 Å². The van der Waals surface area contributed by atoms with Gasteiger partial charge in [-0.1, -0.05) is 101 Å². The first kappa shape index (κ1) is 24.6. The molecule has 0 saturated heterocycles. The Morgan fingerprint density at radius 1 is 0.750 bits per heavy atom. The van der Waals surface area contributed by atoms with E-state index in [1.54, 1.807) is 0 Å². The molecular formula is C30H42O2. The summed E-state index contributed by atoms with van der Waals surface area (Å²) >= 11 is 0. The fourth-order valence-corrected chi connectivity index (χ4v) is 5.18. The Hall–Kier alpha value is -2.09. The van der Waals surface area contributed by atoms with Crippen LogP contribution in [0.25, 0.3) is 11.1 Å². The lowest BCUT2D eigenvalue weighted by atomic mass is 9.77. The highest BCUT2D eigenvalue weighted by atomic mass is 16.5. The van der Waals surface area contributed by atoms with Gasteiger partial charge in [-0.15, -0.1) is 0 Å². The minimum absolute atomic E-state index is 0.283. The number of esters is 1. The van der Waals surface area contributed by atoms with Gasteiger partial charge >= 0.3 is 5.97 Å². The van der Waals surface area contributed by atoms with E-state index in [-0.39, 0.29) is 5.97 Å². The van der Waals surface area contributed by atoms with Crippen LogP contribution in [-0.4, -0.2) is 5.97 Å². The Kier molecular flexibility index (Phi) is 10.3. The monoisotopic (exact) mass is 434 g/mol. The normalized spacial score (nSPS) is 18.4. The minimum atomic E-state index is -0.283. The van der Waals surface area contributed by atoms with Gasteiger partial charge in [0, 0.05) is 6.92 Å². The van der Waals surface area contributed by atoms with Crippen LogP contribution in [0.15, 0.2) is 48.5 Å². The number of ether oxygens (including phenoxy) is 1. The fraction of sp³-hybridized carbons (Fsp3) is 0.567. The van der Waals surface area contributed by atoms with Crippen LogP contribution in [0.3, 0.4) is 0 Å². The molecule has 0 heterocycles. The Labute approximate surface area is 195 Å². The van der Waals surface area contributed by atoms with Gasteiger partial charge in [0.05, 0.1) is 0 Å². The molecule has 1 aliphatic carbocycles. The summed E-state index contributed by atoms with van der Waals surface area (Å²) in [6.45, 7) is 3.72. The summed E-state index contributed by atoms with van der Waals surface area (Å²) in [5, 5.41) is 0. The molecule has 0 radical (unpaired) electrons. The summed E-state index contributed by atoms with van der Waals surface area (Å²) in [4.78, 5) is 11.1. The van der Waals surface area contributed by atoms with E-state index >= 15 is 0 Å². The van der Waals surface area contributed by atoms with Gasteiger partial charge in [0.1, 0.15) is 5.75 Å². The number of hydrogen-bond donors (Lipinski definition) is 0. The molecule has 2 nitrogen and oxygen atoms in total. The van der Waals surface area contributed by atoms with Crippen molar-refractivity contribution in [1.29, 1.82) is 0 Å². The van der Waals surface area contributed by atoms with Crippen molar-refractivity contribution < 1.29 is 9.53 Å². The van der Waals surface area contributed by atoms with E-state index in [1.165, 1.54) is 102 Å². The summed E-state index contributed by atoms with van der Waals surface area (Å²) in [6.07, 6.45) is 18.3. The van der Waals surface area contributed by atoms with Crippen molar-refractivity contribution in [2.75, 3.05) is 0 Å². The first-order valence-corrected chi connectivity index (χ1v) is 13.0. The van der Waals surface area contributed by atoms with Crippen LogP contribution in [0, 0.1) is 5.92 Å². The standard InChI is InChI=1S/C30H42O2/c1-3-4-5-6-7-8-9-10-11-25-12-14-26(15-13-25)27-16-18-28(19-17-27)29-20-22-30(23-21-29)32-24(2)31/h16-23,25-26H,3-15H2,1-2H3. The van der Waals surface area contributed by atoms with Crippen LogP contribution < -0.4 is 4.74 Å². The third-order valence-corrected chi connectivity index (χ3v) is 7.14. The number of carbonyl (C=O) groups is 1. The summed E-state index contributed by atoms with van der Waals surface area (Å²) in [5.74, 6) is 2.00. The topological polar surface area (TPSA) is 26.3 Å². The average Bonchev–Trinajstić information content (AvgIpc) is 2.81. The minimum Gasteiger partial charge on any atom is -0.427 e. The molecule has 0 spiro atoms. The number of rotatable bonds is 12. The van der Waals surface area contributed by atoms with Crippen molar-refractivity contribution >= 4 is 5.97 Å². The lowest BCUT2D eigenvalue weighted by molar-refractivity contribution is -0.131. The molecule has 0 aliphatic heterocycles. The third kappa shape index (κ3) is 8.11. The first-order chi connectivity index (χ1) is 15.7. The van der Waals surface area contributed by atoms with Crippen molar-refractivity contribution in [2.24, 2.45) is 5.92 Å². The van der Waals surface area contributed by atoms with Crippen molar-refractivity contribution in [3.05, 3.63) is 54.1 Å². The SMILES string of the molecule is CCCCCCCCCCC1CCC(c2ccc(-c3ccc(OC(C)=O)cc3)cc2)CC1. The average molecular weight is 435 g/mol. The molecule has 2 heteroatoms. The molecule has 0 aromatic heterocycles. The molecular weight excluding hydrogens is 392 g/mol. The van der Waals surface area contributed by atoms with Crippen molar-refractivity contribution in [3.63, 3.8) is 0 Å². The lowest BCUT2D eigenvalue weighted by Crippen LogP contribution is -2.13. The molecule has 0 unspecified atom stereocenters. The maximum atomic E-state index is 11.1. The molecule has 32 heavy (non-hydrogen) atoms. The Balaban J connectivity index is 1.37. The maximum Gasteiger partial charge on any atom is 0.308 e. The van der Waals surface area contributed by atoms with Gasteiger partial charge in [0.15, 0.2) is 0 Å². The van der Waals surface area contributed by atoms with Crippen molar-refractivity contribution in [1.82, 2.24) is 0 Å². The van der Waals surface area contributed by atoms with Crippen molar-refractivity contribution in [3.8, 4) is 16.9 Å². The zero-order valence-corrected chi connectivity index (χ0v) is 20.3. The number of unbranched alkanes of at least 4 members (excludes halogenated alkanes) is 7. The Morgan fingerprint density at radius 3 is 1.84 bits per heavy atom. The van der Waals surface area contributed by atoms with Crippen LogP contribution in [0.1, 0.15) is 109 Å². The number of carbonyl (C=O) groups excluding carboxylic acids is 1.